The number of amides is 1. The number of aromatic nitrogens is 4. The minimum atomic E-state index is -0.0150. The third-order valence-electron chi connectivity index (χ3n) is 3.77. The van der Waals surface area contributed by atoms with Gasteiger partial charge in [0.05, 0.1) is 12.2 Å². The molecule has 2 aromatic heterocycles. The molecule has 24 heavy (non-hydrogen) atoms. The van der Waals surface area contributed by atoms with Crippen LogP contribution in [0.4, 0.5) is 5.69 Å². The van der Waals surface area contributed by atoms with E-state index < -0.39 is 0 Å². The quantitative estimate of drug-likeness (QED) is 0.758. The van der Waals surface area contributed by atoms with Crippen LogP contribution in [0.2, 0.25) is 0 Å². The molecule has 0 atom stereocenters. The van der Waals surface area contributed by atoms with Crippen molar-refractivity contribution in [1.29, 1.82) is 0 Å². The van der Waals surface area contributed by atoms with E-state index >= 15 is 0 Å². The fraction of sp³-hybridized carbons (Fsp3) is 0.278. The van der Waals surface area contributed by atoms with Crippen molar-refractivity contribution in [3.8, 4) is 0 Å². The Labute approximate surface area is 141 Å². The van der Waals surface area contributed by atoms with E-state index in [9.17, 15) is 4.79 Å². The summed E-state index contributed by atoms with van der Waals surface area (Å²) in [5, 5.41) is 11.5. The minimum absolute atomic E-state index is 0.0150. The largest absolute Gasteiger partial charge is 0.326 e. The van der Waals surface area contributed by atoms with Crippen LogP contribution in [0.15, 0.2) is 48.8 Å². The third-order valence-corrected chi connectivity index (χ3v) is 3.77. The maximum atomic E-state index is 12.2. The van der Waals surface area contributed by atoms with Gasteiger partial charge in [-0.2, -0.15) is 10.2 Å². The van der Waals surface area contributed by atoms with Crippen LogP contribution in [0, 0.1) is 13.8 Å². The van der Waals surface area contributed by atoms with Crippen LogP contribution in [-0.2, 0) is 17.9 Å². The Bertz CT molecular complexity index is 820. The van der Waals surface area contributed by atoms with Crippen LogP contribution < -0.4 is 5.32 Å². The molecule has 124 valence electrons. The topological polar surface area (TPSA) is 64.7 Å². The lowest BCUT2D eigenvalue weighted by Gasteiger charge is -2.08. The van der Waals surface area contributed by atoms with Crippen molar-refractivity contribution in [3.05, 3.63) is 65.7 Å². The summed E-state index contributed by atoms with van der Waals surface area (Å²) in [5.74, 6) is -0.0150. The van der Waals surface area contributed by atoms with Crippen LogP contribution in [0.3, 0.4) is 0 Å². The average molecular weight is 323 g/mol. The van der Waals surface area contributed by atoms with Gasteiger partial charge in [0.25, 0.3) is 0 Å². The number of benzene rings is 1. The molecule has 1 aromatic carbocycles. The van der Waals surface area contributed by atoms with Crippen LogP contribution in [0.25, 0.3) is 0 Å². The first-order valence-electron chi connectivity index (χ1n) is 7.97. The highest BCUT2D eigenvalue weighted by atomic mass is 16.1. The molecule has 6 heteroatoms. The highest BCUT2D eigenvalue weighted by Gasteiger charge is 2.06. The molecule has 0 unspecified atom stereocenters. The van der Waals surface area contributed by atoms with Gasteiger partial charge in [-0.15, -0.1) is 0 Å². The summed E-state index contributed by atoms with van der Waals surface area (Å²) < 4.78 is 3.72. The van der Waals surface area contributed by atoms with Gasteiger partial charge in [0.15, 0.2) is 0 Å². The molecular formula is C18H21N5O. The number of nitrogens with one attached hydrogen (secondary N) is 1. The maximum absolute atomic E-state index is 12.2. The van der Waals surface area contributed by atoms with E-state index in [0.29, 0.717) is 19.5 Å². The number of nitrogens with zero attached hydrogens (tertiary/aromatic N) is 4. The summed E-state index contributed by atoms with van der Waals surface area (Å²) in [5.41, 5.74) is 3.94. The van der Waals surface area contributed by atoms with Crippen LogP contribution >= 0.6 is 0 Å². The van der Waals surface area contributed by atoms with Gasteiger partial charge in [-0.3, -0.25) is 14.2 Å². The monoisotopic (exact) mass is 323 g/mol. The molecule has 6 nitrogen and oxygen atoms in total. The summed E-state index contributed by atoms with van der Waals surface area (Å²) in [6.45, 7) is 5.21. The number of anilines is 1. The molecular weight excluding hydrogens is 302 g/mol. The Morgan fingerprint density at radius 1 is 1.21 bits per heavy atom. The first-order valence-corrected chi connectivity index (χ1v) is 7.97. The number of carbonyl (C=O) groups is 1. The molecule has 0 fully saturated rings. The molecule has 0 aliphatic heterocycles. The molecule has 1 N–H and O–H groups in total. The summed E-state index contributed by atoms with van der Waals surface area (Å²) in [4.78, 5) is 12.2. The third kappa shape index (κ3) is 4.10. The first-order chi connectivity index (χ1) is 11.6. The van der Waals surface area contributed by atoms with Gasteiger partial charge in [-0.25, -0.2) is 0 Å². The Kier molecular flexibility index (Phi) is 4.74. The smallest absolute Gasteiger partial charge is 0.226 e. The molecule has 2 heterocycles. The van der Waals surface area contributed by atoms with E-state index in [1.807, 2.05) is 65.8 Å². The minimum Gasteiger partial charge on any atom is -0.326 e. The van der Waals surface area contributed by atoms with Gasteiger partial charge < -0.3 is 5.32 Å². The molecule has 3 rings (SSSR count). The molecule has 0 radical (unpaired) electrons. The molecule has 3 aromatic rings. The zero-order valence-corrected chi connectivity index (χ0v) is 13.9. The zero-order chi connectivity index (χ0) is 16.9. The molecule has 1 amide bonds. The molecule has 0 aliphatic carbocycles. The lowest BCUT2D eigenvalue weighted by molar-refractivity contribution is -0.116. The average Bonchev–Trinajstić information content (AvgIpc) is 3.15. The number of hydrogen-bond acceptors (Lipinski definition) is 3. The van der Waals surface area contributed by atoms with Gasteiger partial charge >= 0.3 is 0 Å². The van der Waals surface area contributed by atoms with E-state index in [-0.39, 0.29) is 5.91 Å². The summed E-state index contributed by atoms with van der Waals surface area (Å²) in [6.07, 6.45) is 4.07. The lowest BCUT2D eigenvalue weighted by Crippen LogP contribution is -2.15. The molecule has 0 spiro atoms. The van der Waals surface area contributed by atoms with Gasteiger partial charge in [0.1, 0.15) is 0 Å². The zero-order valence-electron chi connectivity index (χ0n) is 13.9. The molecule has 0 bridgehead atoms. The number of aryl methyl sites for hydroxylation is 3. The van der Waals surface area contributed by atoms with Crippen molar-refractivity contribution in [2.75, 3.05) is 5.32 Å². The highest BCUT2D eigenvalue weighted by Crippen LogP contribution is 2.12. The summed E-state index contributed by atoms with van der Waals surface area (Å²) in [7, 11) is 0. The normalized spacial score (nSPS) is 10.8. The van der Waals surface area contributed by atoms with Crippen LogP contribution in [0.1, 0.15) is 23.4 Å². The van der Waals surface area contributed by atoms with Crippen molar-refractivity contribution in [2.45, 2.75) is 33.4 Å². The van der Waals surface area contributed by atoms with E-state index in [2.05, 4.69) is 15.5 Å². The number of rotatable bonds is 6. The van der Waals surface area contributed by atoms with E-state index in [4.69, 9.17) is 0 Å². The first kappa shape index (κ1) is 16.0. The van der Waals surface area contributed by atoms with Crippen molar-refractivity contribution >= 4 is 11.6 Å². The van der Waals surface area contributed by atoms with Crippen molar-refractivity contribution in [2.24, 2.45) is 0 Å². The van der Waals surface area contributed by atoms with Crippen molar-refractivity contribution in [1.82, 2.24) is 19.6 Å². The number of carbonyl (C=O) groups excluding carboxylic acids is 1. The van der Waals surface area contributed by atoms with E-state index in [1.165, 1.54) is 0 Å². The SMILES string of the molecule is Cc1cc(C)n(CCC(=O)Nc2cccc(Cn3cccn3)c2)n1. The Morgan fingerprint density at radius 3 is 2.79 bits per heavy atom. The Morgan fingerprint density at radius 2 is 2.08 bits per heavy atom. The molecule has 0 saturated heterocycles. The number of hydrogen-bond donors (Lipinski definition) is 1. The predicted octanol–water partition coefficient (Wildman–Crippen LogP) is 2.77. The highest BCUT2D eigenvalue weighted by molar-refractivity contribution is 5.90. The second-order valence-electron chi connectivity index (χ2n) is 5.85. The van der Waals surface area contributed by atoms with E-state index in [1.54, 1.807) is 6.20 Å². The standard InChI is InChI=1S/C18H21N5O/c1-14-11-15(2)23(21-14)10-7-18(24)20-17-6-3-5-16(12-17)13-22-9-4-8-19-22/h3-6,8-9,11-12H,7,10,13H2,1-2H3,(H,20,24). The fourth-order valence-electron chi connectivity index (χ4n) is 2.66. The maximum Gasteiger partial charge on any atom is 0.226 e. The second kappa shape index (κ2) is 7.12. The Hall–Kier alpha value is -2.89. The fourth-order valence-corrected chi connectivity index (χ4v) is 2.66. The van der Waals surface area contributed by atoms with Crippen LogP contribution in [-0.4, -0.2) is 25.5 Å². The lowest BCUT2D eigenvalue weighted by atomic mass is 10.2. The second-order valence-corrected chi connectivity index (χ2v) is 5.85. The molecule has 0 saturated carbocycles. The van der Waals surface area contributed by atoms with Crippen LogP contribution in [0.5, 0.6) is 0 Å². The molecule has 0 aliphatic rings. The van der Waals surface area contributed by atoms with Gasteiger partial charge in [0.2, 0.25) is 5.91 Å². The predicted molar refractivity (Wildman–Crippen MR) is 92.7 cm³/mol. The van der Waals surface area contributed by atoms with Crippen molar-refractivity contribution < 1.29 is 4.79 Å². The van der Waals surface area contributed by atoms with Crippen molar-refractivity contribution in [3.63, 3.8) is 0 Å². The summed E-state index contributed by atoms with van der Waals surface area (Å²) >= 11 is 0. The summed E-state index contributed by atoms with van der Waals surface area (Å²) in [6, 6.07) is 11.7. The Balaban J connectivity index is 1.57. The van der Waals surface area contributed by atoms with Gasteiger partial charge in [-0.05, 0) is 43.7 Å². The van der Waals surface area contributed by atoms with Gasteiger partial charge in [0, 0.05) is 36.7 Å². The van der Waals surface area contributed by atoms with Gasteiger partial charge in [-0.1, -0.05) is 12.1 Å². The van der Waals surface area contributed by atoms with E-state index in [0.717, 1.165) is 22.6 Å².